The molecule has 0 aliphatic rings. The smallest absolute Gasteiger partial charge is 0.376 e. The van der Waals surface area contributed by atoms with Crippen molar-refractivity contribution in [3.05, 3.63) is 29.8 Å². The second kappa shape index (κ2) is 6.92. The predicted octanol–water partition coefficient (Wildman–Crippen LogP) is 2.85. The van der Waals surface area contributed by atoms with Crippen molar-refractivity contribution in [1.29, 1.82) is 0 Å². The van der Waals surface area contributed by atoms with Crippen molar-refractivity contribution in [1.82, 2.24) is 4.31 Å². The molecule has 0 aliphatic carbocycles. The average molecular weight is 349 g/mol. The van der Waals surface area contributed by atoms with E-state index < -0.39 is 33.7 Å². The summed E-state index contributed by atoms with van der Waals surface area (Å²) in [7, 11) is 0.765. The molecule has 1 unspecified atom stereocenters. The minimum absolute atomic E-state index is 0.0110. The number of alkyl halides is 2. The van der Waals surface area contributed by atoms with Gasteiger partial charge in [0.1, 0.15) is 22.8 Å². The second-order valence-corrected chi connectivity index (χ2v) is 8.31. The topological polar surface area (TPSA) is 66.8 Å². The van der Waals surface area contributed by atoms with Crippen molar-refractivity contribution in [2.75, 3.05) is 14.2 Å². The maximum absolute atomic E-state index is 14.3. The molecule has 5 nitrogen and oxygen atoms in total. The SMILES string of the molecule is COc1cccc([C@@H](N(C)S(=O)C(C)(C)C)C(F)(F)C(=O)O)c1. The molecule has 8 heteroatoms. The molecule has 23 heavy (non-hydrogen) atoms. The summed E-state index contributed by atoms with van der Waals surface area (Å²) in [5.41, 5.74) is 0.0110. The predicted molar refractivity (Wildman–Crippen MR) is 84.0 cm³/mol. The van der Waals surface area contributed by atoms with E-state index in [2.05, 4.69) is 0 Å². The lowest BCUT2D eigenvalue weighted by atomic mass is 10.0. The summed E-state index contributed by atoms with van der Waals surface area (Å²) in [5, 5.41) is 8.93. The standard InChI is InChI=1S/C15H21F2NO4S/c1-14(2,3)23(21)18(4)12(15(16,17)13(19)20)10-7-6-8-11(9-10)22-5/h6-9,12H,1-5H3,(H,19,20)/t12-,23?/m1/s1. The van der Waals surface area contributed by atoms with Gasteiger partial charge in [-0.15, -0.1) is 0 Å². The normalized spacial score (nSPS) is 15.3. The van der Waals surface area contributed by atoms with Gasteiger partial charge in [0.2, 0.25) is 0 Å². The fourth-order valence-corrected chi connectivity index (χ4v) is 3.41. The van der Waals surface area contributed by atoms with Gasteiger partial charge >= 0.3 is 11.9 Å². The van der Waals surface area contributed by atoms with Crippen LogP contribution in [0.5, 0.6) is 5.75 Å². The first-order chi connectivity index (χ1) is 10.4. The quantitative estimate of drug-likeness (QED) is 0.858. The number of aliphatic carboxylic acids is 1. The third-order valence-electron chi connectivity index (χ3n) is 3.19. The Morgan fingerprint density at radius 1 is 1.35 bits per heavy atom. The van der Waals surface area contributed by atoms with Crippen molar-refractivity contribution in [2.24, 2.45) is 0 Å². The number of methoxy groups -OCH3 is 1. The highest BCUT2D eigenvalue weighted by molar-refractivity contribution is 7.84. The Balaban J connectivity index is 3.44. The molecule has 2 atom stereocenters. The van der Waals surface area contributed by atoms with E-state index >= 15 is 0 Å². The molecule has 130 valence electrons. The second-order valence-electron chi connectivity index (χ2n) is 6.01. The van der Waals surface area contributed by atoms with Gasteiger partial charge < -0.3 is 9.84 Å². The fourth-order valence-electron chi connectivity index (χ4n) is 2.10. The molecule has 1 rings (SSSR count). The Labute approximate surface area is 136 Å². The molecule has 0 heterocycles. The van der Waals surface area contributed by atoms with Crippen LogP contribution >= 0.6 is 0 Å². The molecular formula is C15H21F2NO4S. The maximum atomic E-state index is 14.3. The van der Waals surface area contributed by atoms with Crippen LogP contribution in [-0.2, 0) is 15.8 Å². The van der Waals surface area contributed by atoms with E-state index in [1.165, 1.54) is 32.4 Å². The Morgan fingerprint density at radius 2 is 1.91 bits per heavy atom. The van der Waals surface area contributed by atoms with Crippen molar-refractivity contribution < 1.29 is 27.6 Å². The average Bonchev–Trinajstić information content (AvgIpc) is 2.45. The van der Waals surface area contributed by atoms with Crippen molar-refractivity contribution in [2.45, 2.75) is 37.5 Å². The van der Waals surface area contributed by atoms with Gasteiger partial charge in [0.05, 0.1) is 11.9 Å². The van der Waals surface area contributed by atoms with Gasteiger partial charge in [0, 0.05) is 7.05 Å². The Bertz CT molecular complexity index is 601. The minimum Gasteiger partial charge on any atom is -0.497 e. The van der Waals surface area contributed by atoms with Gasteiger partial charge in [-0.2, -0.15) is 8.78 Å². The fraction of sp³-hybridized carbons (Fsp3) is 0.533. The summed E-state index contributed by atoms with van der Waals surface area (Å²) >= 11 is 0. The summed E-state index contributed by atoms with van der Waals surface area (Å²) in [4.78, 5) is 11.1. The molecule has 0 bridgehead atoms. The molecule has 0 aromatic heterocycles. The van der Waals surface area contributed by atoms with Gasteiger partial charge in [-0.1, -0.05) is 12.1 Å². The molecule has 0 saturated heterocycles. The van der Waals surface area contributed by atoms with E-state index in [9.17, 15) is 17.8 Å². The van der Waals surface area contributed by atoms with Gasteiger partial charge in [-0.05, 0) is 38.5 Å². The number of hydrogen-bond acceptors (Lipinski definition) is 3. The summed E-state index contributed by atoms with van der Waals surface area (Å²) in [6.07, 6.45) is 0. The third-order valence-corrected chi connectivity index (χ3v) is 4.97. The molecule has 0 fully saturated rings. The number of halogens is 2. The molecule has 0 saturated carbocycles. The first-order valence-corrected chi connectivity index (χ1v) is 7.93. The lowest BCUT2D eigenvalue weighted by molar-refractivity contribution is -0.172. The van der Waals surface area contributed by atoms with E-state index in [0.717, 1.165) is 4.31 Å². The minimum atomic E-state index is -4.12. The van der Waals surface area contributed by atoms with Gasteiger partial charge in [0.25, 0.3) is 0 Å². The van der Waals surface area contributed by atoms with E-state index in [4.69, 9.17) is 9.84 Å². The molecule has 1 aromatic rings. The zero-order valence-electron chi connectivity index (χ0n) is 13.7. The molecule has 0 spiro atoms. The number of ether oxygens (including phenoxy) is 1. The lowest BCUT2D eigenvalue weighted by Crippen LogP contribution is -2.47. The van der Waals surface area contributed by atoms with Crippen LogP contribution in [0.2, 0.25) is 0 Å². The Hall–Kier alpha value is -1.54. The highest BCUT2D eigenvalue weighted by Crippen LogP contribution is 2.39. The molecule has 0 radical (unpaired) electrons. The molecule has 1 aromatic carbocycles. The Morgan fingerprint density at radius 3 is 2.35 bits per heavy atom. The van der Waals surface area contributed by atoms with Crippen molar-refractivity contribution in [3.63, 3.8) is 0 Å². The largest absolute Gasteiger partial charge is 0.497 e. The van der Waals surface area contributed by atoms with Crippen LogP contribution in [-0.4, -0.2) is 44.4 Å². The van der Waals surface area contributed by atoms with Gasteiger partial charge in [0.15, 0.2) is 0 Å². The molecule has 1 N–H and O–H groups in total. The zero-order valence-corrected chi connectivity index (χ0v) is 14.5. The van der Waals surface area contributed by atoms with Crippen LogP contribution in [0.15, 0.2) is 24.3 Å². The van der Waals surface area contributed by atoms with Gasteiger partial charge in [-0.3, -0.25) is 0 Å². The van der Waals surface area contributed by atoms with E-state index in [-0.39, 0.29) is 5.56 Å². The maximum Gasteiger partial charge on any atom is 0.376 e. The third kappa shape index (κ3) is 4.26. The number of nitrogens with zero attached hydrogens (tertiary/aromatic N) is 1. The van der Waals surface area contributed by atoms with Crippen LogP contribution in [0.1, 0.15) is 32.4 Å². The first-order valence-electron chi connectivity index (χ1n) is 6.83. The highest BCUT2D eigenvalue weighted by atomic mass is 32.2. The molecular weight excluding hydrogens is 328 g/mol. The molecule has 0 aliphatic heterocycles. The highest BCUT2D eigenvalue weighted by Gasteiger charge is 2.52. The zero-order chi connectivity index (χ0) is 18.0. The van der Waals surface area contributed by atoms with Crippen LogP contribution < -0.4 is 4.74 Å². The van der Waals surface area contributed by atoms with E-state index in [1.54, 1.807) is 26.8 Å². The van der Waals surface area contributed by atoms with Gasteiger partial charge in [-0.25, -0.2) is 13.3 Å². The van der Waals surface area contributed by atoms with Crippen molar-refractivity contribution in [3.8, 4) is 5.75 Å². The molecule has 0 amide bonds. The van der Waals surface area contributed by atoms with Crippen LogP contribution in [0, 0.1) is 0 Å². The van der Waals surface area contributed by atoms with Crippen LogP contribution in [0.4, 0.5) is 8.78 Å². The van der Waals surface area contributed by atoms with E-state index in [0.29, 0.717) is 5.75 Å². The summed E-state index contributed by atoms with van der Waals surface area (Å²) in [6.45, 7) is 4.88. The summed E-state index contributed by atoms with van der Waals surface area (Å²) in [5.74, 6) is -6.09. The summed E-state index contributed by atoms with van der Waals surface area (Å²) in [6, 6.07) is 3.82. The number of carboxylic acid groups (broad SMARTS) is 1. The Kier molecular flexibility index (Phi) is 5.87. The number of benzene rings is 1. The van der Waals surface area contributed by atoms with Crippen LogP contribution in [0.3, 0.4) is 0 Å². The lowest BCUT2D eigenvalue weighted by Gasteiger charge is -2.35. The number of hydrogen-bond donors (Lipinski definition) is 1. The number of carboxylic acids is 1. The first kappa shape index (κ1) is 19.5. The summed E-state index contributed by atoms with van der Waals surface area (Å²) < 4.78 is 46.2. The van der Waals surface area contributed by atoms with E-state index in [1.807, 2.05) is 0 Å². The van der Waals surface area contributed by atoms with Crippen molar-refractivity contribution >= 4 is 17.0 Å². The number of rotatable bonds is 6. The van der Waals surface area contributed by atoms with Crippen LogP contribution in [0.25, 0.3) is 0 Å². The monoisotopic (exact) mass is 349 g/mol. The number of carbonyl (C=O) groups is 1.